The molecule has 8 nitrogen and oxygen atoms in total. The quantitative estimate of drug-likeness (QED) is 0.590. The Labute approximate surface area is 165 Å². The molecule has 2 aliphatic heterocycles. The molecule has 2 fully saturated rings. The van der Waals surface area contributed by atoms with Gasteiger partial charge in [0.25, 0.3) is 5.91 Å². The van der Waals surface area contributed by atoms with E-state index in [1.54, 1.807) is 4.90 Å². The number of nitrogens with one attached hydrogen (secondary N) is 1. The molecule has 3 aliphatic rings. The molecule has 1 N–H and O–H groups in total. The molecule has 0 aromatic carbocycles. The highest BCUT2D eigenvalue weighted by atomic mass is 32.1. The summed E-state index contributed by atoms with van der Waals surface area (Å²) in [4.78, 5) is 39.8. The molecule has 3 heterocycles. The predicted molar refractivity (Wildman–Crippen MR) is 100 cm³/mol. The summed E-state index contributed by atoms with van der Waals surface area (Å²) < 4.78 is 12.6. The Balaban J connectivity index is 1.69. The van der Waals surface area contributed by atoms with Crippen LogP contribution in [0.2, 0.25) is 0 Å². The van der Waals surface area contributed by atoms with Crippen molar-refractivity contribution in [1.82, 2.24) is 9.47 Å². The second-order valence-electron chi connectivity index (χ2n) is 7.02. The van der Waals surface area contributed by atoms with Gasteiger partial charge >= 0.3 is 5.97 Å². The normalized spacial score (nSPS) is 27.4. The number of ether oxygens (including phenoxy) is 2. The summed E-state index contributed by atoms with van der Waals surface area (Å²) in [6.45, 7) is 2.05. The number of carbonyl (C=O) groups excluding carboxylic acids is 3. The Hall–Kier alpha value is -1.78. The van der Waals surface area contributed by atoms with Crippen LogP contribution in [0.15, 0.2) is 0 Å². The van der Waals surface area contributed by atoms with Gasteiger partial charge in [0, 0.05) is 19.1 Å². The second kappa shape index (κ2) is 7.33. The van der Waals surface area contributed by atoms with Crippen molar-refractivity contribution in [3.8, 4) is 0 Å². The number of hydrogen-bond acceptors (Lipinski definition) is 7. The van der Waals surface area contributed by atoms with Gasteiger partial charge in [0.1, 0.15) is 10.7 Å². The van der Waals surface area contributed by atoms with Crippen LogP contribution in [0.5, 0.6) is 0 Å². The molecule has 4 rings (SSSR count). The summed E-state index contributed by atoms with van der Waals surface area (Å²) in [6.07, 6.45) is 1.71. The van der Waals surface area contributed by atoms with Crippen molar-refractivity contribution in [2.24, 2.45) is 11.8 Å². The number of carbonyl (C=O) groups is 3. The number of rotatable bonds is 2. The fraction of sp³-hybridized carbons (Fsp3) is 0.647. The average molecular weight is 412 g/mol. The third kappa shape index (κ3) is 3.19. The largest absolute Gasteiger partial charge is 0.469 e. The molecule has 1 saturated carbocycles. The molecular formula is C17H21N3O5S2. The number of esters is 1. The highest BCUT2D eigenvalue weighted by Crippen LogP contribution is 2.45. The van der Waals surface area contributed by atoms with Crippen molar-refractivity contribution in [3.05, 3.63) is 8.83 Å². The highest BCUT2D eigenvalue weighted by molar-refractivity contribution is 7.73. The SMILES string of the molecule is COC(=O)C1CCC2C(=O)Nc3c(C(=O)N4CCOCC4)sc(=S)n3C2C1. The van der Waals surface area contributed by atoms with Gasteiger partial charge in [-0.3, -0.25) is 14.4 Å². The lowest BCUT2D eigenvalue weighted by Crippen LogP contribution is -2.44. The van der Waals surface area contributed by atoms with Crippen LogP contribution < -0.4 is 5.32 Å². The summed E-state index contributed by atoms with van der Waals surface area (Å²) in [7, 11) is 1.38. The van der Waals surface area contributed by atoms with Gasteiger partial charge in [-0.1, -0.05) is 11.3 Å². The lowest BCUT2D eigenvalue weighted by molar-refractivity contribution is -0.148. The highest BCUT2D eigenvalue weighted by Gasteiger charge is 2.44. The smallest absolute Gasteiger partial charge is 0.308 e. The second-order valence-corrected chi connectivity index (χ2v) is 8.66. The first-order valence-corrected chi connectivity index (χ1v) is 10.2. The molecule has 1 saturated heterocycles. The Morgan fingerprint density at radius 3 is 2.74 bits per heavy atom. The van der Waals surface area contributed by atoms with E-state index in [4.69, 9.17) is 21.7 Å². The van der Waals surface area contributed by atoms with Gasteiger partial charge < -0.3 is 24.3 Å². The van der Waals surface area contributed by atoms with E-state index in [2.05, 4.69) is 5.32 Å². The molecule has 146 valence electrons. The van der Waals surface area contributed by atoms with Gasteiger partial charge in [-0.05, 0) is 31.5 Å². The zero-order valence-electron chi connectivity index (χ0n) is 14.9. The average Bonchev–Trinajstić information content (AvgIpc) is 3.03. The number of hydrogen-bond donors (Lipinski definition) is 1. The molecule has 0 spiro atoms. The minimum absolute atomic E-state index is 0.104. The summed E-state index contributed by atoms with van der Waals surface area (Å²) in [5.41, 5.74) is 0. The molecule has 1 aromatic rings. The molecule has 0 radical (unpaired) electrons. The third-order valence-corrected chi connectivity index (χ3v) is 6.99. The number of nitrogens with zero attached hydrogens (tertiary/aromatic N) is 2. The van der Waals surface area contributed by atoms with Crippen molar-refractivity contribution in [2.75, 3.05) is 38.7 Å². The zero-order valence-corrected chi connectivity index (χ0v) is 16.6. The van der Waals surface area contributed by atoms with E-state index in [1.807, 2.05) is 4.57 Å². The standard InChI is InChI=1S/C17H21N3O5S2/c1-24-16(23)9-2-3-10-11(8-9)20-13(18-14(10)21)12(27-17(20)26)15(22)19-4-6-25-7-5-19/h9-11H,2-8H2,1H3,(H,18,21). The van der Waals surface area contributed by atoms with Gasteiger partial charge in [0.2, 0.25) is 5.91 Å². The van der Waals surface area contributed by atoms with E-state index in [-0.39, 0.29) is 35.7 Å². The number of thiazole rings is 1. The van der Waals surface area contributed by atoms with Crippen LogP contribution in [0.4, 0.5) is 5.82 Å². The third-order valence-electron chi connectivity index (χ3n) is 5.60. The van der Waals surface area contributed by atoms with Gasteiger partial charge in [0.15, 0.2) is 3.95 Å². The fourth-order valence-electron chi connectivity index (χ4n) is 4.19. The maximum Gasteiger partial charge on any atom is 0.308 e. The molecule has 10 heteroatoms. The van der Waals surface area contributed by atoms with Gasteiger partial charge in [-0.15, -0.1) is 0 Å². The topological polar surface area (TPSA) is 89.9 Å². The molecule has 2 amide bonds. The molecule has 3 atom stereocenters. The lowest BCUT2D eigenvalue weighted by atomic mass is 9.76. The number of amides is 2. The molecule has 27 heavy (non-hydrogen) atoms. The van der Waals surface area contributed by atoms with Gasteiger partial charge in [-0.2, -0.15) is 0 Å². The Bertz CT molecular complexity index is 842. The van der Waals surface area contributed by atoms with Crippen LogP contribution >= 0.6 is 23.6 Å². The molecule has 1 aliphatic carbocycles. The Kier molecular flexibility index (Phi) is 5.04. The summed E-state index contributed by atoms with van der Waals surface area (Å²) >= 11 is 6.76. The molecule has 0 bridgehead atoms. The summed E-state index contributed by atoms with van der Waals surface area (Å²) in [5.74, 6) is -0.527. The van der Waals surface area contributed by atoms with Crippen LogP contribution in [-0.4, -0.2) is 60.7 Å². The fourth-order valence-corrected chi connectivity index (χ4v) is 5.63. The van der Waals surface area contributed by atoms with E-state index >= 15 is 0 Å². The van der Waals surface area contributed by atoms with E-state index in [0.29, 0.717) is 60.2 Å². The molecule has 1 aromatic heterocycles. The predicted octanol–water partition coefficient (Wildman–Crippen LogP) is 1.83. The van der Waals surface area contributed by atoms with Crippen LogP contribution in [-0.2, 0) is 19.1 Å². The van der Waals surface area contributed by atoms with Crippen LogP contribution in [0.3, 0.4) is 0 Å². The van der Waals surface area contributed by atoms with Crippen molar-refractivity contribution in [3.63, 3.8) is 0 Å². The van der Waals surface area contributed by atoms with Crippen molar-refractivity contribution in [2.45, 2.75) is 25.3 Å². The van der Waals surface area contributed by atoms with Crippen molar-refractivity contribution in [1.29, 1.82) is 0 Å². The first kappa shape index (κ1) is 18.6. The lowest BCUT2D eigenvalue weighted by Gasteiger charge is -2.39. The van der Waals surface area contributed by atoms with Crippen molar-refractivity contribution < 1.29 is 23.9 Å². The van der Waals surface area contributed by atoms with E-state index in [9.17, 15) is 14.4 Å². The maximum absolute atomic E-state index is 13.0. The monoisotopic (exact) mass is 411 g/mol. The first-order chi connectivity index (χ1) is 13.0. The van der Waals surface area contributed by atoms with Gasteiger partial charge in [0.05, 0.1) is 32.2 Å². The van der Waals surface area contributed by atoms with Crippen LogP contribution in [0.1, 0.15) is 35.0 Å². The zero-order chi connectivity index (χ0) is 19.1. The van der Waals surface area contributed by atoms with Crippen LogP contribution in [0, 0.1) is 15.8 Å². The Morgan fingerprint density at radius 1 is 1.30 bits per heavy atom. The number of methoxy groups -OCH3 is 1. The van der Waals surface area contributed by atoms with Crippen LogP contribution in [0.25, 0.3) is 0 Å². The molecule has 3 unspecified atom stereocenters. The van der Waals surface area contributed by atoms with Crippen molar-refractivity contribution >= 4 is 47.2 Å². The van der Waals surface area contributed by atoms with E-state index < -0.39 is 0 Å². The number of aromatic nitrogens is 1. The number of morpholine rings is 1. The van der Waals surface area contributed by atoms with E-state index in [1.165, 1.54) is 18.4 Å². The Morgan fingerprint density at radius 2 is 2.04 bits per heavy atom. The maximum atomic E-state index is 13.0. The summed E-state index contributed by atoms with van der Waals surface area (Å²) in [5, 5.41) is 2.90. The van der Waals surface area contributed by atoms with Gasteiger partial charge in [-0.25, -0.2) is 0 Å². The first-order valence-electron chi connectivity index (χ1n) is 9.02. The summed E-state index contributed by atoms with van der Waals surface area (Å²) in [6, 6.07) is -0.221. The van der Waals surface area contributed by atoms with E-state index in [0.717, 1.165) is 0 Å². The minimum atomic E-state index is -0.257. The minimum Gasteiger partial charge on any atom is -0.469 e. The molecular weight excluding hydrogens is 390 g/mol. The number of fused-ring (bicyclic) bond motifs is 3. The number of anilines is 1.